The first kappa shape index (κ1) is 42.2. The molecule has 10 heteroatoms. The van der Waals surface area contributed by atoms with Crippen LogP contribution in [-0.4, -0.2) is 16.8 Å². The lowest BCUT2D eigenvalue weighted by atomic mass is 9.78. The molecule has 16 bridgehead atoms. The average molecular weight is 885 g/mol. The van der Waals surface area contributed by atoms with Crippen LogP contribution in [0.1, 0.15) is 49.9 Å². The summed E-state index contributed by atoms with van der Waals surface area (Å²) < 4.78 is 78.8. The molecule has 0 aliphatic carbocycles. The van der Waals surface area contributed by atoms with Crippen LogP contribution in [-0.2, 0) is 30.5 Å². The van der Waals surface area contributed by atoms with E-state index in [2.05, 4.69) is 27.7 Å². The molecule has 13 aliphatic rings. The predicted octanol–water partition coefficient (Wildman–Crippen LogP) is 13.5. The Morgan fingerprint density at radius 2 is 0.391 bits per heavy atom. The Kier molecular flexibility index (Phi) is 10.9. The van der Waals surface area contributed by atoms with Crippen LogP contribution < -0.4 is 18.9 Å². The Morgan fingerprint density at radius 1 is 0.250 bits per heavy atom. The average Bonchev–Trinajstić information content (AvgIpc) is 3.30. The molecule has 0 aromatic heterocycles. The van der Waals surface area contributed by atoms with Gasteiger partial charge in [-0.15, -0.1) is 0 Å². The molecule has 13 heterocycles. The molecule has 0 amide bonds. The highest BCUT2D eigenvalue weighted by atomic mass is 32.2. The molecule has 0 radical (unpaired) electrons. The van der Waals surface area contributed by atoms with Gasteiger partial charge < -0.3 is 18.9 Å². The topological polar surface area (TPSA) is 105 Å². The van der Waals surface area contributed by atoms with E-state index in [1.807, 2.05) is 97.1 Å². The molecule has 0 saturated heterocycles. The molecule has 320 valence electrons. The molecule has 8 nitrogen and oxygen atoms in total. The minimum Gasteiger partial charge on any atom is -0.457 e. The van der Waals surface area contributed by atoms with Gasteiger partial charge in [0, 0.05) is 10.8 Å². The lowest BCUT2D eigenvalue weighted by Crippen LogP contribution is -2.18. The van der Waals surface area contributed by atoms with Crippen molar-refractivity contribution >= 4 is 19.7 Å². The molecule has 21 rings (SSSR count). The highest BCUT2D eigenvalue weighted by Crippen LogP contribution is 2.38. The molecule has 0 fully saturated rings. The van der Waals surface area contributed by atoms with Crippen LogP contribution in [0.3, 0.4) is 0 Å². The Labute approximate surface area is 374 Å². The van der Waals surface area contributed by atoms with Crippen LogP contribution in [0.4, 0.5) is 0 Å². The summed E-state index contributed by atoms with van der Waals surface area (Å²) in [6, 6.07) is 56.7. The van der Waals surface area contributed by atoms with Crippen LogP contribution in [0.15, 0.2) is 214 Å². The summed E-state index contributed by atoms with van der Waals surface area (Å²) in [6.07, 6.45) is 0. The van der Waals surface area contributed by atoms with Crippen molar-refractivity contribution in [2.75, 3.05) is 0 Å². The normalized spacial score (nSPS) is 15.8. The van der Waals surface area contributed by atoms with Gasteiger partial charge in [-0.25, -0.2) is 16.8 Å². The number of benzene rings is 8. The van der Waals surface area contributed by atoms with Gasteiger partial charge >= 0.3 is 0 Å². The molecular weight excluding hydrogens is 841 g/mol. The summed E-state index contributed by atoms with van der Waals surface area (Å²) in [6.45, 7) is 8.53. The maximum Gasteiger partial charge on any atom is 0.206 e. The van der Waals surface area contributed by atoms with Crippen molar-refractivity contribution in [3.8, 4) is 46.0 Å². The molecule has 8 aromatic carbocycles. The smallest absolute Gasteiger partial charge is 0.206 e. The molecule has 0 atom stereocenters. The molecule has 64 heavy (non-hydrogen) atoms. The van der Waals surface area contributed by atoms with Crippen molar-refractivity contribution < 1.29 is 35.8 Å². The van der Waals surface area contributed by atoms with E-state index in [1.165, 1.54) is 0 Å². The second-order valence-electron chi connectivity index (χ2n) is 16.6. The van der Waals surface area contributed by atoms with E-state index < -0.39 is 19.7 Å². The van der Waals surface area contributed by atoms with Gasteiger partial charge in [-0.05, 0) is 168 Å². The standard InChI is InChI=1S/C54H44O8S2/c1-53(2)37-5-13-41(14-6-37)59-45-21-29-49(30-22-45)63(55,56)51-33-25-47(26-34-51)61-43-17-9-39(10-18-43)54(3,4)40-11-19-44(20-12-40)62-48-27-35-52(36-28-48)64(57,58)50-31-23-46(24-32-50)60-42-15-7-38(53)8-16-42/h5-36H,1-4H3. The second-order valence-corrected chi connectivity index (χ2v) is 20.5. The van der Waals surface area contributed by atoms with Gasteiger partial charge in [0.05, 0.1) is 19.6 Å². The van der Waals surface area contributed by atoms with Gasteiger partial charge in [0.25, 0.3) is 0 Å². The Balaban J connectivity index is 0.994. The summed E-state index contributed by atoms with van der Waals surface area (Å²) in [5, 5.41) is 0. The Hall–Kier alpha value is -7.14. The van der Waals surface area contributed by atoms with Crippen LogP contribution in [0, 0.1) is 0 Å². The fourth-order valence-electron chi connectivity index (χ4n) is 7.66. The van der Waals surface area contributed by atoms with Crippen molar-refractivity contribution in [3.05, 3.63) is 216 Å². The third-order valence-electron chi connectivity index (χ3n) is 11.8. The number of rotatable bonds is 0. The van der Waals surface area contributed by atoms with Crippen LogP contribution in [0.25, 0.3) is 0 Å². The van der Waals surface area contributed by atoms with E-state index in [4.69, 9.17) is 18.9 Å². The molecule has 8 aromatic rings. The predicted molar refractivity (Wildman–Crippen MR) is 247 cm³/mol. The summed E-state index contributed by atoms with van der Waals surface area (Å²) in [4.78, 5) is 0.593. The first-order valence-electron chi connectivity index (χ1n) is 20.7. The highest BCUT2D eigenvalue weighted by Gasteiger charge is 2.26. The first-order chi connectivity index (χ1) is 30.6. The fraction of sp³-hybridized carbons (Fsp3) is 0.111. The van der Waals surface area contributed by atoms with Gasteiger partial charge in [0.15, 0.2) is 0 Å². The van der Waals surface area contributed by atoms with E-state index in [-0.39, 0.29) is 30.4 Å². The van der Waals surface area contributed by atoms with Crippen LogP contribution >= 0.6 is 0 Å². The first-order valence-corrected chi connectivity index (χ1v) is 23.7. The molecule has 0 spiro atoms. The van der Waals surface area contributed by atoms with Crippen molar-refractivity contribution in [3.63, 3.8) is 0 Å². The lowest BCUT2D eigenvalue weighted by molar-refractivity contribution is 0.480. The number of sulfone groups is 2. The van der Waals surface area contributed by atoms with Gasteiger partial charge in [-0.3, -0.25) is 0 Å². The van der Waals surface area contributed by atoms with Gasteiger partial charge in [-0.1, -0.05) is 76.2 Å². The molecule has 0 N–H and O–H groups in total. The summed E-state index contributed by atoms with van der Waals surface area (Å²) in [7, 11) is -7.61. The van der Waals surface area contributed by atoms with Gasteiger partial charge in [0.1, 0.15) is 46.0 Å². The quantitative estimate of drug-likeness (QED) is 0.148. The van der Waals surface area contributed by atoms with E-state index in [1.54, 1.807) is 97.1 Å². The maximum absolute atomic E-state index is 13.6. The van der Waals surface area contributed by atoms with E-state index >= 15 is 0 Å². The van der Waals surface area contributed by atoms with Gasteiger partial charge in [0.2, 0.25) is 19.7 Å². The Morgan fingerprint density at radius 3 is 0.547 bits per heavy atom. The summed E-state index contributed by atoms with van der Waals surface area (Å²) >= 11 is 0. The lowest BCUT2D eigenvalue weighted by Gasteiger charge is -2.26. The largest absolute Gasteiger partial charge is 0.457 e. The van der Waals surface area contributed by atoms with E-state index in [9.17, 15) is 16.8 Å². The zero-order chi connectivity index (χ0) is 44.7. The van der Waals surface area contributed by atoms with Crippen molar-refractivity contribution in [2.24, 2.45) is 0 Å². The van der Waals surface area contributed by atoms with Crippen molar-refractivity contribution in [1.82, 2.24) is 0 Å². The molecule has 0 unspecified atom stereocenters. The van der Waals surface area contributed by atoms with Crippen molar-refractivity contribution in [1.29, 1.82) is 0 Å². The zero-order valence-electron chi connectivity index (χ0n) is 35.6. The molecular formula is C54H44O8S2. The maximum atomic E-state index is 13.6. The van der Waals surface area contributed by atoms with E-state index in [0.29, 0.717) is 46.0 Å². The fourth-order valence-corrected chi connectivity index (χ4v) is 10.2. The number of ether oxygens (including phenoxy) is 4. The summed E-state index contributed by atoms with van der Waals surface area (Å²) in [5.74, 6) is 4.45. The zero-order valence-corrected chi connectivity index (χ0v) is 37.2. The van der Waals surface area contributed by atoms with Crippen LogP contribution in [0.2, 0.25) is 0 Å². The van der Waals surface area contributed by atoms with Crippen molar-refractivity contribution in [2.45, 2.75) is 58.1 Å². The van der Waals surface area contributed by atoms with Gasteiger partial charge in [-0.2, -0.15) is 0 Å². The highest BCUT2D eigenvalue weighted by molar-refractivity contribution is 7.91. The Bertz CT molecular complexity index is 2720. The minimum atomic E-state index is -3.80. The number of hydrogen-bond donors (Lipinski definition) is 0. The molecule has 0 saturated carbocycles. The third kappa shape index (κ3) is 8.50. The second kappa shape index (κ2) is 16.5. The number of hydrogen-bond acceptors (Lipinski definition) is 8. The van der Waals surface area contributed by atoms with Crippen LogP contribution in [0.5, 0.6) is 46.0 Å². The monoisotopic (exact) mass is 884 g/mol. The molecule has 13 aliphatic heterocycles. The SMILES string of the molecule is CC1(C)c2ccc(cc2)Oc2ccc(cc2)S(=O)(=O)c2ccc(cc2)Oc2ccc(cc2)C(C)(C)c2ccc(cc2)Oc2ccc(cc2)S(=O)(=O)c2ccc(cc2)Oc2ccc1cc2. The van der Waals surface area contributed by atoms with E-state index in [0.717, 1.165) is 22.3 Å². The minimum absolute atomic E-state index is 0.148. The summed E-state index contributed by atoms with van der Waals surface area (Å²) in [5.41, 5.74) is 3.52. The third-order valence-corrected chi connectivity index (χ3v) is 15.4.